The number of fused-ring (bicyclic) bond motifs is 1. The van der Waals surface area contributed by atoms with Crippen molar-refractivity contribution in [2.75, 3.05) is 34.4 Å². The first-order valence-electron chi connectivity index (χ1n) is 10.9. The number of rotatable bonds is 7. The fourth-order valence-electron chi connectivity index (χ4n) is 4.19. The predicted molar refractivity (Wildman–Crippen MR) is 128 cm³/mol. The standard InChI is InChI=1S/C25H31N5O2/c1-26-25(28-15-19-8-10-27-24-7-5-4-6-23(19)24)29-20-9-11-30(17-20)16-18-12-21(31-2)14-22(13-18)32-3/h4-8,10,12-14,20H,9,11,15-17H2,1-3H3,(H2,26,28,29). The number of aliphatic imine (C=N–C) groups is 1. The zero-order valence-electron chi connectivity index (χ0n) is 19.0. The fourth-order valence-corrected chi connectivity index (χ4v) is 4.19. The van der Waals surface area contributed by atoms with Crippen LogP contribution in [0, 0.1) is 0 Å². The summed E-state index contributed by atoms with van der Waals surface area (Å²) >= 11 is 0. The molecule has 1 unspecified atom stereocenters. The minimum absolute atomic E-state index is 0.350. The number of benzene rings is 2. The SMILES string of the molecule is CN=C(NCc1ccnc2ccccc12)NC1CCN(Cc2cc(OC)cc(OC)c2)C1. The van der Waals surface area contributed by atoms with Crippen LogP contribution in [0.15, 0.2) is 59.7 Å². The molecule has 1 saturated heterocycles. The van der Waals surface area contributed by atoms with E-state index < -0.39 is 0 Å². The van der Waals surface area contributed by atoms with Gasteiger partial charge < -0.3 is 20.1 Å². The third-order valence-electron chi connectivity index (χ3n) is 5.84. The van der Waals surface area contributed by atoms with Crippen LogP contribution in [0.5, 0.6) is 11.5 Å². The smallest absolute Gasteiger partial charge is 0.191 e. The van der Waals surface area contributed by atoms with Crippen molar-refractivity contribution >= 4 is 16.9 Å². The minimum Gasteiger partial charge on any atom is -0.497 e. The molecule has 1 atom stereocenters. The van der Waals surface area contributed by atoms with E-state index in [1.165, 1.54) is 16.5 Å². The van der Waals surface area contributed by atoms with Gasteiger partial charge in [0.25, 0.3) is 0 Å². The molecule has 168 valence electrons. The van der Waals surface area contributed by atoms with Crippen LogP contribution < -0.4 is 20.1 Å². The summed E-state index contributed by atoms with van der Waals surface area (Å²) in [7, 11) is 5.18. The number of methoxy groups -OCH3 is 2. The van der Waals surface area contributed by atoms with E-state index in [4.69, 9.17) is 9.47 Å². The molecule has 1 aliphatic rings. The number of guanidine groups is 1. The van der Waals surface area contributed by atoms with E-state index in [0.29, 0.717) is 12.6 Å². The average Bonchev–Trinajstić information content (AvgIpc) is 3.27. The van der Waals surface area contributed by atoms with E-state index in [2.05, 4.69) is 49.8 Å². The van der Waals surface area contributed by atoms with E-state index in [1.54, 1.807) is 14.2 Å². The van der Waals surface area contributed by atoms with E-state index >= 15 is 0 Å². The molecular formula is C25H31N5O2. The molecule has 0 bridgehead atoms. The Morgan fingerprint density at radius 3 is 2.66 bits per heavy atom. The molecule has 0 spiro atoms. The second-order valence-corrected chi connectivity index (χ2v) is 8.00. The van der Waals surface area contributed by atoms with Crippen LogP contribution in [0.1, 0.15) is 17.5 Å². The largest absolute Gasteiger partial charge is 0.497 e. The lowest BCUT2D eigenvalue weighted by molar-refractivity contribution is 0.321. The maximum atomic E-state index is 5.40. The van der Waals surface area contributed by atoms with Crippen molar-refractivity contribution in [3.63, 3.8) is 0 Å². The van der Waals surface area contributed by atoms with Gasteiger partial charge in [0.2, 0.25) is 0 Å². The first-order chi connectivity index (χ1) is 15.7. The normalized spacial score (nSPS) is 16.8. The third-order valence-corrected chi connectivity index (χ3v) is 5.84. The third kappa shape index (κ3) is 5.29. The molecule has 2 heterocycles. The van der Waals surface area contributed by atoms with Crippen LogP contribution in [-0.2, 0) is 13.1 Å². The summed E-state index contributed by atoms with van der Waals surface area (Å²) in [5.74, 6) is 2.46. The number of nitrogens with zero attached hydrogens (tertiary/aromatic N) is 3. The summed E-state index contributed by atoms with van der Waals surface area (Å²) in [6.45, 7) is 3.55. The lowest BCUT2D eigenvalue weighted by Gasteiger charge is -2.19. The number of hydrogen-bond acceptors (Lipinski definition) is 5. The van der Waals surface area contributed by atoms with Gasteiger partial charge in [-0.25, -0.2) is 0 Å². The van der Waals surface area contributed by atoms with Crippen molar-refractivity contribution in [2.45, 2.75) is 25.6 Å². The molecule has 0 radical (unpaired) electrons. The van der Waals surface area contributed by atoms with Gasteiger partial charge in [0.1, 0.15) is 11.5 Å². The summed E-state index contributed by atoms with van der Waals surface area (Å²) in [6.07, 6.45) is 2.93. The maximum absolute atomic E-state index is 5.40. The van der Waals surface area contributed by atoms with Crippen LogP contribution in [0.3, 0.4) is 0 Å². The zero-order valence-corrected chi connectivity index (χ0v) is 19.0. The van der Waals surface area contributed by atoms with Crippen LogP contribution in [-0.4, -0.2) is 56.2 Å². The Hall–Kier alpha value is -3.32. The van der Waals surface area contributed by atoms with Gasteiger partial charge in [-0.1, -0.05) is 18.2 Å². The predicted octanol–water partition coefficient (Wildman–Crippen LogP) is 3.19. The molecule has 3 aromatic rings. The molecule has 1 aromatic heterocycles. The molecule has 2 aromatic carbocycles. The quantitative estimate of drug-likeness (QED) is 0.441. The Morgan fingerprint density at radius 1 is 1.12 bits per heavy atom. The highest BCUT2D eigenvalue weighted by molar-refractivity contribution is 5.83. The molecule has 1 fully saturated rings. The Labute approximate surface area is 189 Å². The van der Waals surface area contributed by atoms with Crippen molar-refractivity contribution in [1.82, 2.24) is 20.5 Å². The lowest BCUT2D eigenvalue weighted by atomic mass is 10.1. The zero-order chi connectivity index (χ0) is 22.3. The van der Waals surface area contributed by atoms with Gasteiger partial charge in [0.05, 0.1) is 19.7 Å². The monoisotopic (exact) mass is 433 g/mol. The first-order valence-corrected chi connectivity index (χ1v) is 10.9. The van der Waals surface area contributed by atoms with E-state index in [-0.39, 0.29) is 0 Å². The van der Waals surface area contributed by atoms with Crippen LogP contribution in [0.25, 0.3) is 10.9 Å². The molecule has 7 nitrogen and oxygen atoms in total. The Balaban J connectivity index is 1.32. The highest BCUT2D eigenvalue weighted by Gasteiger charge is 2.23. The Bertz CT molecular complexity index is 1060. The minimum atomic E-state index is 0.350. The highest BCUT2D eigenvalue weighted by Crippen LogP contribution is 2.24. The van der Waals surface area contributed by atoms with Crippen LogP contribution in [0.2, 0.25) is 0 Å². The summed E-state index contributed by atoms with van der Waals surface area (Å²) < 4.78 is 10.8. The molecule has 0 saturated carbocycles. The van der Waals surface area contributed by atoms with Crippen molar-refractivity contribution < 1.29 is 9.47 Å². The second kappa shape index (κ2) is 10.3. The van der Waals surface area contributed by atoms with Gasteiger partial charge >= 0.3 is 0 Å². The number of nitrogens with one attached hydrogen (secondary N) is 2. The molecule has 1 aliphatic heterocycles. The van der Waals surface area contributed by atoms with E-state index in [0.717, 1.165) is 49.0 Å². The molecule has 32 heavy (non-hydrogen) atoms. The average molecular weight is 434 g/mol. The summed E-state index contributed by atoms with van der Waals surface area (Å²) in [5, 5.41) is 8.20. The van der Waals surface area contributed by atoms with Gasteiger partial charge in [0.15, 0.2) is 5.96 Å². The Morgan fingerprint density at radius 2 is 1.91 bits per heavy atom. The molecule has 4 rings (SSSR count). The van der Waals surface area contributed by atoms with Gasteiger partial charge in [-0.2, -0.15) is 0 Å². The topological polar surface area (TPSA) is 71.0 Å². The number of para-hydroxylation sites is 1. The Kier molecular flexibility index (Phi) is 7.07. The van der Waals surface area contributed by atoms with Crippen molar-refractivity contribution in [2.24, 2.45) is 4.99 Å². The van der Waals surface area contributed by atoms with Gasteiger partial charge in [-0.05, 0) is 41.8 Å². The maximum Gasteiger partial charge on any atom is 0.191 e. The van der Waals surface area contributed by atoms with Crippen LogP contribution in [0.4, 0.5) is 0 Å². The van der Waals surface area contributed by atoms with Crippen LogP contribution >= 0.6 is 0 Å². The van der Waals surface area contributed by atoms with Gasteiger partial charge in [0, 0.05) is 56.9 Å². The molecule has 7 heteroatoms. The second-order valence-electron chi connectivity index (χ2n) is 8.00. The van der Waals surface area contributed by atoms with E-state index in [1.807, 2.05) is 37.5 Å². The summed E-state index contributed by atoms with van der Waals surface area (Å²) in [5.41, 5.74) is 3.41. The van der Waals surface area contributed by atoms with Gasteiger partial charge in [-0.15, -0.1) is 0 Å². The number of hydrogen-bond donors (Lipinski definition) is 2. The molecule has 0 aliphatic carbocycles. The molecule has 0 amide bonds. The van der Waals surface area contributed by atoms with Crippen molar-refractivity contribution in [1.29, 1.82) is 0 Å². The van der Waals surface area contributed by atoms with Gasteiger partial charge in [-0.3, -0.25) is 14.9 Å². The highest BCUT2D eigenvalue weighted by atomic mass is 16.5. The molecular weight excluding hydrogens is 402 g/mol. The summed E-state index contributed by atoms with van der Waals surface area (Å²) in [6, 6.07) is 16.7. The first kappa shape index (κ1) is 21.9. The molecule has 2 N–H and O–H groups in total. The number of likely N-dealkylation sites (tertiary alicyclic amines) is 1. The lowest BCUT2D eigenvalue weighted by Crippen LogP contribution is -2.44. The summed E-state index contributed by atoms with van der Waals surface area (Å²) in [4.78, 5) is 11.3. The van der Waals surface area contributed by atoms with Crippen molar-refractivity contribution in [3.8, 4) is 11.5 Å². The number of aromatic nitrogens is 1. The fraction of sp³-hybridized carbons (Fsp3) is 0.360. The van der Waals surface area contributed by atoms with E-state index in [9.17, 15) is 0 Å². The number of pyridine rings is 1. The number of ether oxygens (including phenoxy) is 2. The van der Waals surface area contributed by atoms with Crippen molar-refractivity contribution in [3.05, 3.63) is 65.9 Å².